The van der Waals surface area contributed by atoms with Crippen LogP contribution in [-0.4, -0.2) is 60.6 Å². The lowest BCUT2D eigenvalue weighted by Crippen LogP contribution is -2.63. The summed E-state index contributed by atoms with van der Waals surface area (Å²) in [6.07, 6.45) is 4.61. The minimum Gasteiger partial charge on any atom is -0.361 e. The van der Waals surface area contributed by atoms with Crippen LogP contribution in [0.3, 0.4) is 0 Å². The first-order valence-electron chi connectivity index (χ1n) is 16.6. The first kappa shape index (κ1) is 33.7. The highest BCUT2D eigenvalue weighted by Crippen LogP contribution is 2.43. The number of para-hydroxylation sites is 2. The van der Waals surface area contributed by atoms with Crippen LogP contribution >= 0.6 is 0 Å². The maximum absolute atomic E-state index is 14.6. The summed E-state index contributed by atoms with van der Waals surface area (Å²) in [5.41, 5.74) is 6.72. The first-order chi connectivity index (χ1) is 24.0. The number of benzene rings is 4. The van der Waals surface area contributed by atoms with Gasteiger partial charge in [0.2, 0.25) is 20.0 Å². The van der Waals surface area contributed by atoms with E-state index in [1.807, 2.05) is 74.8 Å². The minimum absolute atomic E-state index is 0.104. The first-order valence-corrected chi connectivity index (χ1v) is 19.5. The Morgan fingerprint density at radius 1 is 0.560 bits per heavy atom. The summed E-state index contributed by atoms with van der Waals surface area (Å²) >= 11 is 0. The fourth-order valence-electron chi connectivity index (χ4n) is 6.97. The normalized spacial score (nSPS) is 16.9. The van der Waals surface area contributed by atoms with E-state index in [2.05, 4.69) is 23.1 Å². The summed E-state index contributed by atoms with van der Waals surface area (Å²) < 4.78 is 61.4. The average Bonchev–Trinajstić information content (AvgIpc) is 3.73. The van der Waals surface area contributed by atoms with Gasteiger partial charge in [-0.2, -0.15) is 8.61 Å². The molecule has 0 saturated heterocycles. The Morgan fingerprint density at radius 3 is 1.30 bits per heavy atom. The van der Waals surface area contributed by atoms with Crippen LogP contribution in [0.15, 0.2) is 144 Å². The number of hydrogen-bond acceptors (Lipinski definition) is 4. The van der Waals surface area contributed by atoms with E-state index in [9.17, 15) is 16.8 Å². The molecule has 7 rings (SSSR count). The number of aromatic nitrogens is 2. The van der Waals surface area contributed by atoms with Gasteiger partial charge in [-0.05, 0) is 85.4 Å². The van der Waals surface area contributed by atoms with E-state index in [1.54, 1.807) is 48.5 Å². The minimum atomic E-state index is -4.12. The molecule has 0 radical (unpaired) electrons. The Bertz CT molecular complexity index is 2270. The number of nitrogens with zero attached hydrogens (tertiary/aromatic N) is 2. The predicted molar refractivity (Wildman–Crippen MR) is 200 cm³/mol. The van der Waals surface area contributed by atoms with Crippen LogP contribution in [0.2, 0.25) is 0 Å². The van der Waals surface area contributed by atoms with E-state index >= 15 is 0 Å². The van der Waals surface area contributed by atoms with Crippen molar-refractivity contribution in [3.05, 3.63) is 156 Å². The molecule has 2 heterocycles. The topological polar surface area (TPSA) is 106 Å². The summed E-state index contributed by atoms with van der Waals surface area (Å²) in [7, 11) is -8.23. The molecular formula is C40H40N4O4S2. The van der Waals surface area contributed by atoms with Gasteiger partial charge in [-0.3, -0.25) is 0 Å². The van der Waals surface area contributed by atoms with Gasteiger partial charge in [0.25, 0.3) is 0 Å². The van der Waals surface area contributed by atoms with Gasteiger partial charge in [0.1, 0.15) is 0 Å². The van der Waals surface area contributed by atoms with E-state index in [4.69, 9.17) is 0 Å². The van der Waals surface area contributed by atoms with Gasteiger partial charge in [-0.25, -0.2) is 16.8 Å². The van der Waals surface area contributed by atoms with Crippen LogP contribution in [0.4, 0.5) is 0 Å². The lowest BCUT2D eigenvalue weighted by molar-refractivity contribution is 0.205. The van der Waals surface area contributed by atoms with Crippen molar-refractivity contribution in [2.75, 3.05) is 13.1 Å². The van der Waals surface area contributed by atoms with Crippen molar-refractivity contribution in [2.45, 2.75) is 48.6 Å². The van der Waals surface area contributed by atoms with Crippen LogP contribution in [0.25, 0.3) is 21.8 Å². The molecule has 2 N–H and O–H groups in total. The summed E-state index contributed by atoms with van der Waals surface area (Å²) in [6.45, 7) is 12.6. The number of sulfonamides is 2. The molecule has 10 heteroatoms. The molecular weight excluding hydrogens is 665 g/mol. The molecule has 256 valence electrons. The van der Waals surface area contributed by atoms with Gasteiger partial charge < -0.3 is 9.97 Å². The molecule has 2 atom stereocenters. The van der Waals surface area contributed by atoms with E-state index in [1.165, 1.54) is 8.61 Å². The van der Waals surface area contributed by atoms with E-state index < -0.39 is 32.1 Å². The fourth-order valence-corrected chi connectivity index (χ4v) is 10.2. The van der Waals surface area contributed by atoms with Gasteiger partial charge in [0.15, 0.2) is 0 Å². The number of aromatic amines is 2. The second-order valence-corrected chi connectivity index (χ2v) is 16.8. The van der Waals surface area contributed by atoms with Crippen molar-refractivity contribution in [3.63, 3.8) is 0 Å². The SMILES string of the molecule is C=C1C(=C)[C@H](N(CCc2c[nH]c3ccccc23)S(=O)(=O)c2ccc(C)cc2)[C@H]1N(CCc1c[nH]c2ccccc12)S(=O)(=O)c1ccc(C)cc1. The number of fused-ring (bicyclic) bond motifs is 2. The number of aryl methyl sites for hydroxylation is 2. The maximum atomic E-state index is 14.6. The van der Waals surface area contributed by atoms with Gasteiger partial charge in [-0.15, -0.1) is 0 Å². The molecule has 8 nitrogen and oxygen atoms in total. The molecule has 50 heavy (non-hydrogen) atoms. The number of H-pyrrole nitrogens is 2. The smallest absolute Gasteiger partial charge is 0.243 e. The lowest BCUT2D eigenvalue weighted by Gasteiger charge is -2.51. The lowest BCUT2D eigenvalue weighted by atomic mass is 9.76. The molecule has 4 aromatic carbocycles. The van der Waals surface area contributed by atoms with Gasteiger partial charge in [0, 0.05) is 47.3 Å². The summed E-state index contributed by atoms with van der Waals surface area (Å²) in [5, 5.41) is 2.02. The molecule has 0 unspecified atom stereocenters. The third-order valence-electron chi connectivity index (χ3n) is 9.85. The summed E-state index contributed by atoms with van der Waals surface area (Å²) in [6, 6.07) is 27.5. The van der Waals surface area contributed by atoms with E-state index in [0.29, 0.717) is 24.0 Å². The Hall–Kier alpha value is -4.74. The van der Waals surface area contributed by atoms with Crippen LogP contribution in [0, 0.1) is 13.8 Å². The average molecular weight is 705 g/mol. The predicted octanol–water partition coefficient (Wildman–Crippen LogP) is 7.30. The Balaban J connectivity index is 1.31. The van der Waals surface area contributed by atoms with Crippen LogP contribution in [0.1, 0.15) is 22.3 Å². The molecule has 0 bridgehead atoms. The molecule has 0 spiro atoms. The zero-order chi connectivity index (χ0) is 35.2. The molecule has 1 aliphatic carbocycles. The Morgan fingerprint density at radius 2 is 0.920 bits per heavy atom. The number of rotatable bonds is 12. The summed E-state index contributed by atoms with van der Waals surface area (Å²) in [5.74, 6) is 0. The zero-order valence-corrected chi connectivity index (χ0v) is 29.8. The van der Waals surface area contributed by atoms with Crippen LogP contribution in [0.5, 0.6) is 0 Å². The van der Waals surface area contributed by atoms with Crippen molar-refractivity contribution < 1.29 is 16.8 Å². The highest BCUT2D eigenvalue weighted by molar-refractivity contribution is 7.89. The number of hydrogen-bond donors (Lipinski definition) is 2. The molecule has 1 saturated carbocycles. The fraction of sp³-hybridized carbons (Fsp3) is 0.200. The molecule has 1 fully saturated rings. The molecule has 0 aliphatic heterocycles. The third kappa shape index (κ3) is 6.02. The third-order valence-corrected chi connectivity index (χ3v) is 13.6. The molecule has 1 aliphatic rings. The number of nitrogens with one attached hydrogen (secondary N) is 2. The van der Waals surface area contributed by atoms with E-state index in [-0.39, 0.29) is 22.9 Å². The standard InChI is InChI=1S/C40H40N4O4S2/c1-27-13-17-33(18-14-27)49(45,46)43(23-21-31-25-41-37-11-7-5-9-35(31)37)39-29(3)30(4)40(39)44(50(47,48)34-19-15-28(2)16-20-34)24-22-32-26-42-38-12-8-6-10-36(32)38/h5-20,25-26,39-42H,3-4,21-24H2,1-2H3/t39-,40-/m0/s1. The van der Waals surface area contributed by atoms with Gasteiger partial charge in [0.05, 0.1) is 21.9 Å². The second-order valence-electron chi connectivity index (χ2n) is 13.0. The Kier molecular flexibility index (Phi) is 8.90. The highest BCUT2D eigenvalue weighted by Gasteiger charge is 2.52. The quantitative estimate of drug-likeness (QED) is 0.140. The Labute approximate surface area is 293 Å². The van der Waals surface area contributed by atoms with Crippen molar-refractivity contribution >= 4 is 41.9 Å². The van der Waals surface area contributed by atoms with Gasteiger partial charge in [-0.1, -0.05) is 84.9 Å². The van der Waals surface area contributed by atoms with Crippen LogP contribution < -0.4 is 0 Å². The molecule has 0 amide bonds. The summed E-state index contributed by atoms with van der Waals surface area (Å²) in [4.78, 5) is 6.84. The maximum Gasteiger partial charge on any atom is 0.243 e. The largest absolute Gasteiger partial charge is 0.361 e. The zero-order valence-electron chi connectivity index (χ0n) is 28.1. The molecule has 6 aromatic rings. The van der Waals surface area contributed by atoms with Crippen molar-refractivity contribution in [1.29, 1.82) is 0 Å². The van der Waals surface area contributed by atoms with E-state index in [0.717, 1.165) is 44.1 Å². The molecule has 2 aromatic heterocycles. The monoisotopic (exact) mass is 704 g/mol. The van der Waals surface area contributed by atoms with Crippen molar-refractivity contribution in [2.24, 2.45) is 0 Å². The highest BCUT2D eigenvalue weighted by atomic mass is 32.2. The van der Waals surface area contributed by atoms with Crippen molar-refractivity contribution in [1.82, 2.24) is 18.6 Å². The van der Waals surface area contributed by atoms with Crippen molar-refractivity contribution in [3.8, 4) is 0 Å². The van der Waals surface area contributed by atoms with Crippen LogP contribution in [-0.2, 0) is 32.9 Å². The van der Waals surface area contributed by atoms with Gasteiger partial charge >= 0.3 is 0 Å². The second kappa shape index (κ2) is 13.2.